The number of nitrogens with two attached hydrogens (primary N) is 1. The number of nitrogen functional groups attached to an aromatic ring is 1. The number of rotatable bonds is 3. The zero-order valence-electron chi connectivity index (χ0n) is 11.4. The first kappa shape index (κ1) is 15.8. The van der Waals surface area contributed by atoms with Gasteiger partial charge in [0.05, 0.1) is 5.69 Å². The van der Waals surface area contributed by atoms with Crippen LogP contribution < -0.4 is 10.5 Å². The van der Waals surface area contributed by atoms with Crippen molar-refractivity contribution in [2.24, 2.45) is 0 Å². The highest BCUT2D eigenvalue weighted by atomic mass is 79.9. The third-order valence-corrected chi connectivity index (χ3v) is 5.50. The molecule has 3 N–H and O–H groups in total. The van der Waals surface area contributed by atoms with Crippen LogP contribution in [-0.4, -0.2) is 8.42 Å². The van der Waals surface area contributed by atoms with E-state index in [9.17, 15) is 12.8 Å². The summed E-state index contributed by atoms with van der Waals surface area (Å²) in [7, 11) is -3.83. The average molecular weight is 373 g/mol. The van der Waals surface area contributed by atoms with Crippen molar-refractivity contribution in [1.29, 1.82) is 0 Å². The van der Waals surface area contributed by atoms with E-state index in [0.717, 1.165) is 17.7 Å². The fourth-order valence-electron chi connectivity index (χ4n) is 1.87. The first-order chi connectivity index (χ1) is 9.72. The van der Waals surface area contributed by atoms with Crippen LogP contribution in [0.3, 0.4) is 0 Å². The molecule has 0 aliphatic rings. The van der Waals surface area contributed by atoms with E-state index in [-0.39, 0.29) is 9.37 Å². The molecule has 0 heterocycles. The van der Waals surface area contributed by atoms with E-state index in [1.165, 1.54) is 6.07 Å². The number of anilines is 2. The van der Waals surface area contributed by atoms with Gasteiger partial charge in [-0.1, -0.05) is 6.07 Å². The Morgan fingerprint density at radius 2 is 1.86 bits per heavy atom. The molecule has 4 nitrogen and oxygen atoms in total. The van der Waals surface area contributed by atoms with Crippen molar-refractivity contribution < 1.29 is 12.8 Å². The Morgan fingerprint density at radius 3 is 2.48 bits per heavy atom. The largest absolute Gasteiger partial charge is 0.398 e. The van der Waals surface area contributed by atoms with Gasteiger partial charge in [-0.2, -0.15) is 0 Å². The molecule has 0 aliphatic carbocycles. The maximum Gasteiger partial charge on any atom is 0.263 e. The Labute approximate surface area is 131 Å². The van der Waals surface area contributed by atoms with Gasteiger partial charge in [-0.25, -0.2) is 12.8 Å². The minimum absolute atomic E-state index is 0.0394. The van der Waals surface area contributed by atoms with E-state index < -0.39 is 15.8 Å². The van der Waals surface area contributed by atoms with Gasteiger partial charge in [0, 0.05) is 10.2 Å². The zero-order chi connectivity index (χ0) is 15.8. The van der Waals surface area contributed by atoms with Gasteiger partial charge in [-0.15, -0.1) is 0 Å². The van der Waals surface area contributed by atoms with Gasteiger partial charge in [0.2, 0.25) is 0 Å². The van der Waals surface area contributed by atoms with E-state index in [0.29, 0.717) is 16.9 Å². The summed E-state index contributed by atoms with van der Waals surface area (Å²) in [5.74, 6) is -0.517. The molecule has 0 saturated heterocycles. The lowest BCUT2D eigenvalue weighted by Gasteiger charge is -2.14. The molecule has 21 heavy (non-hydrogen) atoms. The van der Waals surface area contributed by atoms with Crippen LogP contribution in [0.1, 0.15) is 11.1 Å². The summed E-state index contributed by atoms with van der Waals surface area (Å²) in [6.07, 6.45) is 0. The summed E-state index contributed by atoms with van der Waals surface area (Å²) in [6.45, 7) is 3.58. The molecule has 2 rings (SSSR count). The predicted octanol–water partition coefficient (Wildman–Crippen LogP) is 3.59. The third kappa shape index (κ3) is 3.19. The zero-order valence-corrected chi connectivity index (χ0v) is 13.8. The monoisotopic (exact) mass is 372 g/mol. The van der Waals surface area contributed by atoms with Crippen LogP contribution in [0.15, 0.2) is 39.7 Å². The number of nitrogens with one attached hydrogen (secondary N) is 1. The van der Waals surface area contributed by atoms with Crippen molar-refractivity contribution in [2.45, 2.75) is 18.7 Å². The van der Waals surface area contributed by atoms with Crippen molar-refractivity contribution in [3.63, 3.8) is 0 Å². The van der Waals surface area contributed by atoms with Crippen molar-refractivity contribution in [2.75, 3.05) is 10.5 Å². The summed E-state index contributed by atoms with van der Waals surface area (Å²) >= 11 is 3.06. The van der Waals surface area contributed by atoms with Crippen LogP contribution in [0.2, 0.25) is 0 Å². The Kier molecular flexibility index (Phi) is 4.25. The maximum atomic E-state index is 13.1. The molecule has 0 aliphatic heterocycles. The highest BCUT2D eigenvalue weighted by Crippen LogP contribution is 2.29. The first-order valence-corrected chi connectivity index (χ1v) is 8.33. The molecule has 0 radical (unpaired) electrons. The molecule has 0 aromatic heterocycles. The van der Waals surface area contributed by atoms with Gasteiger partial charge >= 0.3 is 0 Å². The Morgan fingerprint density at radius 1 is 1.19 bits per heavy atom. The molecule has 2 aromatic carbocycles. The quantitative estimate of drug-likeness (QED) is 0.808. The summed E-state index contributed by atoms with van der Waals surface area (Å²) in [4.78, 5) is -0.0394. The van der Waals surface area contributed by atoms with E-state index in [2.05, 4.69) is 20.7 Å². The normalized spacial score (nSPS) is 11.4. The minimum Gasteiger partial charge on any atom is -0.398 e. The van der Waals surface area contributed by atoms with Crippen molar-refractivity contribution in [3.8, 4) is 0 Å². The van der Waals surface area contributed by atoms with Gasteiger partial charge in [-0.05, 0) is 65.2 Å². The number of hydrogen-bond acceptors (Lipinski definition) is 3. The van der Waals surface area contributed by atoms with Gasteiger partial charge in [-0.3, -0.25) is 4.72 Å². The Hall–Kier alpha value is -1.60. The molecule has 0 bridgehead atoms. The average Bonchev–Trinajstić information content (AvgIpc) is 2.39. The van der Waals surface area contributed by atoms with E-state index >= 15 is 0 Å². The molecule has 0 amide bonds. The minimum atomic E-state index is -3.83. The molecule has 7 heteroatoms. The van der Waals surface area contributed by atoms with Crippen LogP contribution in [0.25, 0.3) is 0 Å². The SMILES string of the molecule is Cc1ccc(NS(=O)(=O)c2ccc(F)cc2Br)c(C)c1N. The highest BCUT2D eigenvalue weighted by molar-refractivity contribution is 9.10. The lowest BCUT2D eigenvalue weighted by atomic mass is 10.1. The summed E-state index contributed by atoms with van der Waals surface area (Å²) in [6, 6.07) is 6.78. The van der Waals surface area contributed by atoms with Gasteiger partial charge in [0.25, 0.3) is 10.0 Å². The van der Waals surface area contributed by atoms with E-state index in [1.54, 1.807) is 19.1 Å². The maximum absolute atomic E-state index is 13.1. The second-order valence-electron chi connectivity index (χ2n) is 4.65. The molecule has 0 fully saturated rings. The number of aryl methyl sites for hydroxylation is 1. The fourth-order valence-corrected chi connectivity index (χ4v) is 4.04. The van der Waals surface area contributed by atoms with Crippen LogP contribution in [0.5, 0.6) is 0 Å². The highest BCUT2D eigenvalue weighted by Gasteiger charge is 2.19. The summed E-state index contributed by atoms with van der Waals surface area (Å²) in [5, 5.41) is 0. The number of hydrogen-bond donors (Lipinski definition) is 2. The smallest absolute Gasteiger partial charge is 0.263 e. The number of sulfonamides is 1. The molecule has 0 spiro atoms. The van der Waals surface area contributed by atoms with Gasteiger partial charge in [0.1, 0.15) is 10.7 Å². The molecule has 0 atom stereocenters. The summed E-state index contributed by atoms with van der Waals surface area (Å²) < 4.78 is 40.4. The van der Waals surface area contributed by atoms with Crippen LogP contribution in [0, 0.1) is 19.7 Å². The van der Waals surface area contributed by atoms with E-state index in [1.807, 2.05) is 6.92 Å². The lowest BCUT2D eigenvalue weighted by Crippen LogP contribution is -2.15. The fraction of sp³-hybridized carbons (Fsp3) is 0.143. The Balaban J connectivity index is 2.45. The lowest BCUT2D eigenvalue weighted by molar-refractivity contribution is 0.599. The molecule has 112 valence electrons. The number of benzene rings is 2. The molecular weight excluding hydrogens is 359 g/mol. The third-order valence-electron chi connectivity index (χ3n) is 3.16. The van der Waals surface area contributed by atoms with Gasteiger partial charge in [0.15, 0.2) is 0 Å². The molecular formula is C14H14BrFN2O2S. The Bertz CT molecular complexity index is 807. The van der Waals surface area contributed by atoms with Crippen LogP contribution in [0.4, 0.5) is 15.8 Å². The first-order valence-electron chi connectivity index (χ1n) is 6.06. The second kappa shape index (κ2) is 5.65. The number of halogens is 2. The topological polar surface area (TPSA) is 72.2 Å². The van der Waals surface area contributed by atoms with Crippen molar-refractivity contribution in [1.82, 2.24) is 0 Å². The predicted molar refractivity (Wildman–Crippen MR) is 85.2 cm³/mol. The van der Waals surface area contributed by atoms with Crippen molar-refractivity contribution in [3.05, 3.63) is 51.7 Å². The van der Waals surface area contributed by atoms with Crippen LogP contribution >= 0.6 is 15.9 Å². The van der Waals surface area contributed by atoms with E-state index in [4.69, 9.17) is 5.73 Å². The van der Waals surface area contributed by atoms with Gasteiger partial charge < -0.3 is 5.73 Å². The molecule has 0 saturated carbocycles. The summed E-state index contributed by atoms with van der Waals surface area (Å²) in [5.41, 5.74) is 8.35. The molecule has 0 unspecified atom stereocenters. The van der Waals surface area contributed by atoms with Crippen molar-refractivity contribution >= 4 is 37.3 Å². The standard InChI is InChI=1S/C14H14BrFN2O2S/c1-8-3-5-12(9(2)14(8)17)18-21(19,20)13-6-4-10(16)7-11(13)15/h3-7,18H,17H2,1-2H3. The molecule has 2 aromatic rings. The van der Waals surface area contributed by atoms with Crippen LogP contribution in [-0.2, 0) is 10.0 Å². The second-order valence-corrected chi connectivity index (χ2v) is 7.15.